The Bertz CT molecular complexity index is 1120. The zero-order valence-electron chi connectivity index (χ0n) is 16.3. The average molecular weight is 387 g/mol. The summed E-state index contributed by atoms with van der Waals surface area (Å²) in [5.41, 5.74) is 4.49. The minimum atomic E-state index is 0.298. The van der Waals surface area contributed by atoms with Gasteiger partial charge in [0.25, 0.3) is 0 Å². The Hall–Kier alpha value is -3.37. The molecule has 0 aliphatic carbocycles. The Morgan fingerprint density at radius 1 is 1.00 bits per heavy atom. The predicted octanol–water partition coefficient (Wildman–Crippen LogP) is 2.86. The zero-order valence-corrected chi connectivity index (χ0v) is 16.3. The van der Waals surface area contributed by atoms with Crippen LogP contribution < -0.4 is 14.4 Å². The van der Waals surface area contributed by atoms with Gasteiger partial charge in [0, 0.05) is 38.1 Å². The molecule has 146 valence electrons. The molecule has 0 radical (unpaired) electrons. The van der Waals surface area contributed by atoms with Crippen LogP contribution in [0.25, 0.3) is 10.9 Å². The SMILES string of the molecule is Cc1ccc2nnc(C#N)c(N3CCN(Cc4ccc5c(c4)OCO5)CC3)c2c1. The highest BCUT2D eigenvalue weighted by molar-refractivity contribution is 5.94. The van der Waals surface area contributed by atoms with Crippen LogP contribution in [0.4, 0.5) is 5.69 Å². The van der Waals surface area contributed by atoms with Crippen LogP contribution in [0.15, 0.2) is 36.4 Å². The highest BCUT2D eigenvalue weighted by Gasteiger charge is 2.23. The van der Waals surface area contributed by atoms with Crippen molar-refractivity contribution in [2.75, 3.05) is 37.9 Å². The van der Waals surface area contributed by atoms with Crippen LogP contribution in [0, 0.1) is 18.3 Å². The monoisotopic (exact) mass is 387 g/mol. The Morgan fingerprint density at radius 3 is 2.66 bits per heavy atom. The maximum atomic E-state index is 9.59. The summed E-state index contributed by atoms with van der Waals surface area (Å²) in [5, 5.41) is 19.0. The van der Waals surface area contributed by atoms with E-state index < -0.39 is 0 Å². The molecule has 0 bridgehead atoms. The van der Waals surface area contributed by atoms with Crippen molar-refractivity contribution in [3.8, 4) is 17.6 Å². The third-order valence-corrected chi connectivity index (χ3v) is 5.53. The number of nitrogens with zero attached hydrogens (tertiary/aromatic N) is 5. The second kappa shape index (κ2) is 7.22. The van der Waals surface area contributed by atoms with Gasteiger partial charge in [0.15, 0.2) is 17.2 Å². The molecule has 0 atom stereocenters. The van der Waals surface area contributed by atoms with E-state index in [1.807, 2.05) is 18.2 Å². The van der Waals surface area contributed by atoms with Crippen molar-refractivity contribution >= 4 is 16.6 Å². The molecule has 1 fully saturated rings. The third kappa shape index (κ3) is 3.32. The molecular weight excluding hydrogens is 366 g/mol. The summed E-state index contributed by atoms with van der Waals surface area (Å²) >= 11 is 0. The first-order valence-electron chi connectivity index (χ1n) is 9.74. The molecule has 1 aromatic heterocycles. The molecule has 7 nitrogen and oxygen atoms in total. The lowest BCUT2D eigenvalue weighted by molar-refractivity contribution is 0.174. The Kier molecular flexibility index (Phi) is 4.41. The first-order chi connectivity index (χ1) is 14.2. The molecule has 3 aromatic rings. The Balaban J connectivity index is 1.34. The van der Waals surface area contributed by atoms with E-state index in [-0.39, 0.29) is 0 Å². The molecule has 2 aliphatic heterocycles. The van der Waals surface area contributed by atoms with Gasteiger partial charge in [-0.1, -0.05) is 17.7 Å². The first kappa shape index (κ1) is 17.7. The molecule has 5 rings (SSSR count). The van der Waals surface area contributed by atoms with Gasteiger partial charge in [-0.2, -0.15) is 5.26 Å². The largest absolute Gasteiger partial charge is 0.454 e. The number of ether oxygens (including phenoxy) is 2. The topological polar surface area (TPSA) is 74.5 Å². The summed E-state index contributed by atoms with van der Waals surface area (Å²) < 4.78 is 10.9. The van der Waals surface area contributed by atoms with Crippen molar-refractivity contribution < 1.29 is 9.47 Å². The van der Waals surface area contributed by atoms with Crippen LogP contribution in [0.3, 0.4) is 0 Å². The molecule has 3 heterocycles. The summed E-state index contributed by atoms with van der Waals surface area (Å²) in [6.45, 7) is 6.72. The van der Waals surface area contributed by atoms with Gasteiger partial charge in [-0.15, -0.1) is 10.2 Å². The molecule has 29 heavy (non-hydrogen) atoms. The van der Waals surface area contributed by atoms with E-state index >= 15 is 0 Å². The Morgan fingerprint density at radius 2 is 1.83 bits per heavy atom. The van der Waals surface area contributed by atoms with Crippen molar-refractivity contribution in [3.05, 3.63) is 53.2 Å². The maximum Gasteiger partial charge on any atom is 0.231 e. The smallest absolute Gasteiger partial charge is 0.231 e. The lowest BCUT2D eigenvalue weighted by Gasteiger charge is -2.36. The average Bonchev–Trinajstić information content (AvgIpc) is 3.21. The van der Waals surface area contributed by atoms with E-state index in [2.05, 4.69) is 51.2 Å². The standard InChI is InChI=1S/C22H21N5O2/c1-15-2-4-18-17(10-15)22(19(12-23)25-24-18)27-8-6-26(7-9-27)13-16-3-5-20-21(11-16)29-14-28-20/h2-5,10-11H,6-9,13-14H2,1H3. The summed E-state index contributed by atoms with van der Waals surface area (Å²) in [4.78, 5) is 4.69. The molecule has 7 heteroatoms. The van der Waals surface area contributed by atoms with Crippen LogP contribution in [-0.2, 0) is 6.54 Å². The number of aryl methyl sites for hydroxylation is 1. The third-order valence-electron chi connectivity index (χ3n) is 5.53. The number of rotatable bonds is 3. The van der Waals surface area contributed by atoms with Crippen LogP contribution in [0.5, 0.6) is 11.5 Å². The van der Waals surface area contributed by atoms with Crippen LogP contribution >= 0.6 is 0 Å². The first-order valence-corrected chi connectivity index (χ1v) is 9.74. The molecule has 0 saturated carbocycles. The molecule has 1 saturated heterocycles. The normalized spacial score (nSPS) is 16.2. The number of nitriles is 1. The van der Waals surface area contributed by atoms with Crippen LogP contribution in [-0.4, -0.2) is 48.1 Å². The fourth-order valence-corrected chi connectivity index (χ4v) is 4.03. The number of fused-ring (bicyclic) bond motifs is 2. The fourth-order valence-electron chi connectivity index (χ4n) is 4.03. The molecule has 0 amide bonds. The van der Waals surface area contributed by atoms with Crippen molar-refractivity contribution in [1.82, 2.24) is 15.1 Å². The molecule has 0 N–H and O–H groups in total. The summed E-state index contributed by atoms with van der Waals surface area (Å²) in [7, 11) is 0. The summed E-state index contributed by atoms with van der Waals surface area (Å²) in [6.07, 6.45) is 0. The van der Waals surface area contributed by atoms with E-state index in [1.165, 1.54) is 5.56 Å². The van der Waals surface area contributed by atoms with Gasteiger partial charge in [-0.05, 0) is 36.8 Å². The zero-order chi connectivity index (χ0) is 19.8. The van der Waals surface area contributed by atoms with E-state index in [9.17, 15) is 5.26 Å². The van der Waals surface area contributed by atoms with E-state index in [4.69, 9.17) is 9.47 Å². The van der Waals surface area contributed by atoms with Crippen molar-refractivity contribution in [2.45, 2.75) is 13.5 Å². The van der Waals surface area contributed by atoms with Crippen LogP contribution in [0.2, 0.25) is 0 Å². The van der Waals surface area contributed by atoms with Gasteiger partial charge in [0.2, 0.25) is 6.79 Å². The van der Waals surface area contributed by atoms with E-state index in [0.717, 1.165) is 66.4 Å². The number of piperazine rings is 1. The second-order valence-electron chi connectivity index (χ2n) is 7.48. The highest BCUT2D eigenvalue weighted by Crippen LogP contribution is 2.33. The van der Waals surface area contributed by atoms with Gasteiger partial charge in [0.1, 0.15) is 6.07 Å². The number of anilines is 1. The van der Waals surface area contributed by atoms with E-state index in [0.29, 0.717) is 12.5 Å². The lowest BCUT2D eigenvalue weighted by Crippen LogP contribution is -2.46. The summed E-state index contributed by atoms with van der Waals surface area (Å²) in [5.74, 6) is 1.64. The molecular formula is C22H21N5O2. The van der Waals surface area contributed by atoms with Gasteiger partial charge in [0.05, 0.1) is 11.2 Å². The number of hydrogen-bond acceptors (Lipinski definition) is 7. The van der Waals surface area contributed by atoms with E-state index in [1.54, 1.807) is 0 Å². The minimum absolute atomic E-state index is 0.298. The molecule has 0 spiro atoms. The number of benzene rings is 2. The van der Waals surface area contributed by atoms with Gasteiger partial charge >= 0.3 is 0 Å². The molecule has 2 aromatic carbocycles. The lowest BCUT2D eigenvalue weighted by atomic mass is 10.1. The molecule has 2 aliphatic rings. The number of aromatic nitrogens is 2. The second-order valence-corrected chi connectivity index (χ2v) is 7.48. The minimum Gasteiger partial charge on any atom is -0.454 e. The quantitative estimate of drug-likeness (QED) is 0.684. The van der Waals surface area contributed by atoms with Gasteiger partial charge in [-0.25, -0.2) is 0 Å². The van der Waals surface area contributed by atoms with Crippen molar-refractivity contribution in [2.24, 2.45) is 0 Å². The van der Waals surface area contributed by atoms with Gasteiger partial charge in [-0.3, -0.25) is 4.90 Å². The fraction of sp³-hybridized carbons (Fsp3) is 0.318. The van der Waals surface area contributed by atoms with Gasteiger partial charge < -0.3 is 14.4 Å². The Labute approximate surface area is 169 Å². The number of hydrogen-bond donors (Lipinski definition) is 0. The van der Waals surface area contributed by atoms with Crippen molar-refractivity contribution in [1.29, 1.82) is 5.26 Å². The van der Waals surface area contributed by atoms with Crippen LogP contribution in [0.1, 0.15) is 16.8 Å². The maximum absolute atomic E-state index is 9.59. The summed E-state index contributed by atoms with van der Waals surface area (Å²) in [6, 6.07) is 14.4. The highest BCUT2D eigenvalue weighted by atomic mass is 16.7. The predicted molar refractivity (Wildman–Crippen MR) is 109 cm³/mol. The molecule has 0 unspecified atom stereocenters. The van der Waals surface area contributed by atoms with Crippen molar-refractivity contribution in [3.63, 3.8) is 0 Å².